The van der Waals surface area contributed by atoms with Crippen LogP contribution < -0.4 is 10.6 Å². The maximum Gasteiger partial charge on any atom is 0.257 e. The van der Waals surface area contributed by atoms with Crippen LogP contribution in [0, 0.1) is 11.8 Å². The van der Waals surface area contributed by atoms with Gasteiger partial charge in [-0.2, -0.15) is 10.2 Å². The van der Waals surface area contributed by atoms with Crippen LogP contribution in [0.1, 0.15) is 82.5 Å². The summed E-state index contributed by atoms with van der Waals surface area (Å²) in [7, 11) is 0. The van der Waals surface area contributed by atoms with Crippen LogP contribution in [0.5, 0.6) is 0 Å². The summed E-state index contributed by atoms with van der Waals surface area (Å²) < 4.78 is 0. The van der Waals surface area contributed by atoms with E-state index in [1.54, 1.807) is 71.8 Å². The first-order chi connectivity index (χ1) is 36.3. The summed E-state index contributed by atoms with van der Waals surface area (Å²) in [5.41, 5.74) is 10.0. The lowest BCUT2D eigenvalue weighted by atomic mass is 10.1. The SMILES string of the molecule is CCN(CC)C(=O)c1cncc2[nH]c(-c3[nH]nc4ncc(-c5cncc(NC(=O)C(C)C)c5)cc34)nc12.CCN(CC)C(=O)c1cncc2[nH]c(-c3[nH]nc4ncc(-c5cncc(NC(=O)CC(C)C)c5)cc34)nc12. The van der Waals surface area contributed by atoms with Gasteiger partial charge in [-0.15, -0.1) is 0 Å². The fourth-order valence-corrected chi connectivity index (χ4v) is 8.46. The highest BCUT2D eigenvalue weighted by atomic mass is 16.2. The van der Waals surface area contributed by atoms with Crippen LogP contribution in [0.3, 0.4) is 0 Å². The molecule has 382 valence electrons. The zero-order chi connectivity index (χ0) is 52.9. The summed E-state index contributed by atoms with van der Waals surface area (Å²) in [5.74, 6) is 0.805. The van der Waals surface area contributed by atoms with Crippen molar-refractivity contribution in [3.63, 3.8) is 0 Å². The fourth-order valence-electron chi connectivity index (χ4n) is 8.46. The van der Waals surface area contributed by atoms with Crippen LogP contribution in [0.2, 0.25) is 0 Å². The van der Waals surface area contributed by atoms with Gasteiger partial charge < -0.3 is 30.4 Å². The molecule has 0 aliphatic rings. The van der Waals surface area contributed by atoms with E-state index < -0.39 is 0 Å². The average molecular weight is 1010 g/mol. The third-order valence-corrected chi connectivity index (χ3v) is 12.5. The summed E-state index contributed by atoms with van der Waals surface area (Å²) in [5, 5.41) is 22.0. The topological polar surface area (TPSA) is 291 Å². The minimum absolute atomic E-state index is 0.0529. The molecule has 10 heterocycles. The first-order valence-corrected chi connectivity index (χ1v) is 24.7. The van der Waals surface area contributed by atoms with Crippen LogP contribution in [0.4, 0.5) is 11.4 Å². The van der Waals surface area contributed by atoms with Gasteiger partial charge in [0.05, 0.1) is 69.1 Å². The molecule has 0 aliphatic carbocycles. The van der Waals surface area contributed by atoms with Crippen molar-refractivity contribution in [2.45, 2.75) is 61.8 Å². The number of nitrogens with zero attached hydrogens (tertiary/aromatic N) is 12. The van der Waals surface area contributed by atoms with Crippen molar-refractivity contribution in [3.05, 3.63) is 97.4 Å². The Labute approximate surface area is 430 Å². The molecular weight excluding hydrogens is 953 g/mol. The monoisotopic (exact) mass is 1010 g/mol. The van der Waals surface area contributed by atoms with Gasteiger partial charge in [0.1, 0.15) is 22.4 Å². The summed E-state index contributed by atoms with van der Waals surface area (Å²) in [4.78, 5) is 96.0. The molecular formula is C53H56N18O4. The summed E-state index contributed by atoms with van der Waals surface area (Å²) in [6, 6.07) is 7.62. The van der Waals surface area contributed by atoms with Gasteiger partial charge in [-0.25, -0.2) is 19.9 Å². The van der Waals surface area contributed by atoms with E-state index in [-0.39, 0.29) is 35.5 Å². The van der Waals surface area contributed by atoms with Crippen molar-refractivity contribution in [1.82, 2.24) is 80.0 Å². The number of carbonyl (C=O) groups excluding carboxylic acids is 4. The molecule has 10 rings (SSSR count). The van der Waals surface area contributed by atoms with E-state index in [9.17, 15) is 19.2 Å². The van der Waals surface area contributed by atoms with Crippen molar-refractivity contribution in [2.75, 3.05) is 36.8 Å². The van der Waals surface area contributed by atoms with Crippen LogP contribution in [-0.2, 0) is 9.59 Å². The van der Waals surface area contributed by atoms with Gasteiger partial charge in [-0.05, 0) is 57.9 Å². The molecule has 0 radical (unpaired) electrons. The second-order valence-corrected chi connectivity index (χ2v) is 18.4. The maximum absolute atomic E-state index is 13.0. The number of aromatic nitrogens is 14. The largest absolute Gasteiger partial charge is 0.339 e. The molecule has 0 unspecified atom stereocenters. The van der Waals surface area contributed by atoms with Crippen molar-refractivity contribution in [1.29, 1.82) is 0 Å². The summed E-state index contributed by atoms with van der Waals surface area (Å²) >= 11 is 0. The number of pyridine rings is 6. The van der Waals surface area contributed by atoms with E-state index in [0.29, 0.717) is 111 Å². The number of aromatic amines is 4. The number of nitrogens with one attached hydrogen (secondary N) is 6. The maximum atomic E-state index is 13.0. The molecule has 10 aromatic heterocycles. The van der Waals surface area contributed by atoms with E-state index in [1.807, 2.05) is 79.7 Å². The molecule has 0 atom stereocenters. The lowest BCUT2D eigenvalue weighted by Crippen LogP contribution is -2.30. The predicted octanol–water partition coefficient (Wildman–Crippen LogP) is 8.46. The predicted molar refractivity (Wildman–Crippen MR) is 286 cm³/mol. The summed E-state index contributed by atoms with van der Waals surface area (Å²) in [6.07, 6.45) is 16.9. The molecule has 0 fully saturated rings. The second kappa shape index (κ2) is 21.8. The Bertz CT molecular complexity index is 3730. The molecule has 4 amide bonds. The van der Waals surface area contributed by atoms with Gasteiger partial charge in [0.15, 0.2) is 22.9 Å². The Morgan fingerprint density at radius 2 is 0.960 bits per heavy atom. The zero-order valence-corrected chi connectivity index (χ0v) is 42.8. The Kier molecular flexibility index (Phi) is 14.7. The highest BCUT2D eigenvalue weighted by Crippen LogP contribution is 2.33. The van der Waals surface area contributed by atoms with Gasteiger partial charge in [-0.1, -0.05) is 27.7 Å². The number of hydrogen-bond acceptors (Lipinski definition) is 14. The Morgan fingerprint density at radius 1 is 0.533 bits per heavy atom. The molecule has 10 aromatic rings. The van der Waals surface area contributed by atoms with Crippen molar-refractivity contribution in [2.24, 2.45) is 11.8 Å². The van der Waals surface area contributed by atoms with Gasteiger partial charge in [-0.3, -0.25) is 49.3 Å². The highest BCUT2D eigenvalue weighted by molar-refractivity contribution is 6.07. The number of amides is 4. The third kappa shape index (κ3) is 10.6. The van der Waals surface area contributed by atoms with E-state index in [2.05, 4.69) is 70.9 Å². The smallest absolute Gasteiger partial charge is 0.257 e. The number of hydrogen-bond donors (Lipinski definition) is 6. The number of anilines is 2. The fraction of sp³-hybridized carbons (Fsp3) is 0.283. The van der Waals surface area contributed by atoms with E-state index in [1.165, 1.54) is 0 Å². The lowest BCUT2D eigenvalue weighted by Gasteiger charge is -2.18. The van der Waals surface area contributed by atoms with Gasteiger partial charge >= 0.3 is 0 Å². The zero-order valence-electron chi connectivity index (χ0n) is 42.8. The lowest BCUT2D eigenvalue weighted by molar-refractivity contribution is -0.119. The molecule has 0 bridgehead atoms. The van der Waals surface area contributed by atoms with E-state index >= 15 is 0 Å². The Balaban J connectivity index is 0.000000184. The molecule has 0 aliphatic heterocycles. The van der Waals surface area contributed by atoms with Crippen molar-refractivity contribution < 1.29 is 19.2 Å². The number of fused-ring (bicyclic) bond motifs is 4. The van der Waals surface area contributed by atoms with E-state index in [0.717, 1.165) is 33.0 Å². The third-order valence-electron chi connectivity index (χ3n) is 12.5. The molecule has 75 heavy (non-hydrogen) atoms. The van der Waals surface area contributed by atoms with Crippen LogP contribution >= 0.6 is 0 Å². The minimum atomic E-state index is -0.142. The van der Waals surface area contributed by atoms with Crippen LogP contribution in [-0.4, -0.2) is 130 Å². The number of imidazole rings is 2. The molecule has 0 aromatic carbocycles. The Hall–Kier alpha value is -9.34. The number of carbonyl (C=O) groups is 4. The van der Waals surface area contributed by atoms with Gasteiger partial charge in [0.2, 0.25) is 11.8 Å². The molecule has 22 nitrogen and oxygen atoms in total. The van der Waals surface area contributed by atoms with Crippen LogP contribution in [0.15, 0.2) is 86.2 Å². The van der Waals surface area contributed by atoms with Gasteiger partial charge in [0.25, 0.3) is 11.8 Å². The molecule has 22 heteroatoms. The first kappa shape index (κ1) is 50.6. The molecule has 0 saturated heterocycles. The average Bonchev–Trinajstić information content (AvgIpc) is 4.25. The van der Waals surface area contributed by atoms with E-state index in [4.69, 9.17) is 9.97 Å². The number of rotatable bonds is 15. The molecule has 0 spiro atoms. The molecule has 0 saturated carbocycles. The van der Waals surface area contributed by atoms with Crippen molar-refractivity contribution in [3.8, 4) is 45.3 Å². The first-order valence-electron chi connectivity index (χ1n) is 24.7. The molecule has 6 N–H and O–H groups in total. The Morgan fingerprint density at radius 3 is 1.39 bits per heavy atom. The standard InChI is InChI=1S/C27H29N9O2.C26H27N9O2/c1-5-36(6-2)27(38)20-13-29-14-21-23(20)33-26(32-21)24-19-9-17(11-30-25(19)35-34-24)16-8-18(12-28-10-16)31-22(37)7-15(3)4;1-5-35(6-2)26(37)19-12-28-13-20-21(19)32-24(31-20)22-18-8-16(10-29-23(18)34-33-22)15-7-17(11-27-9-15)30-25(36)14(3)4/h8-15H,5-7H2,1-4H3,(H,31,37)(H,32,33)(H,30,34,35);7-14H,5-6H2,1-4H3,(H,30,36)(H,31,32)(H,29,33,34). The number of H-pyrrole nitrogens is 4. The van der Waals surface area contributed by atoms with Crippen molar-refractivity contribution >= 4 is 79.1 Å². The normalized spacial score (nSPS) is 11.4. The highest BCUT2D eigenvalue weighted by Gasteiger charge is 2.23. The quantitative estimate of drug-likeness (QED) is 0.0562. The minimum Gasteiger partial charge on any atom is -0.339 e. The van der Waals surface area contributed by atoms with Gasteiger partial charge in [0, 0.05) is 98.0 Å². The summed E-state index contributed by atoms with van der Waals surface area (Å²) in [6.45, 7) is 17.8. The second-order valence-electron chi connectivity index (χ2n) is 18.4. The van der Waals surface area contributed by atoms with Crippen LogP contribution in [0.25, 0.3) is 89.4 Å².